The van der Waals surface area contributed by atoms with Gasteiger partial charge in [-0.3, -0.25) is 4.99 Å². The Balaban J connectivity index is 0.00000341. The molecule has 1 unspecified atom stereocenters. The van der Waals surface area contributed by atoms with Crippen molar-refractivity contribution in [2.75, 3.05) is 60.0 Å². The van der Waals surface area contributed by atoms with Crippen molar-refractivity contribution in [3.63, 3.8) is 0 Å². The highest BCUT2D eigenvalue weighted by Crippen LogP contribution is 2.33. The summed E-state index contributed by atoms with van der Waals surface area (Å²) < 4.78 is 10.9. The molecule has 1 N–H and O–H groups in total. The van der Waals surface area contributed by atoms with Gasteiger partial charge < -0.3 is 24.6 Å². The van der Waals surface area contributed by atoms with Crippen LogP contribution in [-0.4, -0.2) is 75.8 Å². The molecule has 3 rings (SSSR count). The van der Waals surface area contributed by atoms with Gasteiger partial charge in [0.2, 0.25) is 0 Å². The molecule has 2 aliphatic rings. The second-order valence-corrected chi connectivity index (χ2v) is 8.48. The van der Waals surface area contributed by atoms with Gasteiger partial charge in [0, 0.05) is 38.2 Å². The van der Waals surface area contributed by atoms with Crippen molar-refractivity contribution in [2.24, 2.45) is 10.9 Å². The zero-order chi connectivity index (χ0) is 21.3. The van der Waals surface area contributed by atoms with E-state index in [0.29, 0.717) is 5.92 Å². The maximum absolute atomic E-state index is 5.46. The molecule has 31 heavy (non-hydrogen) atoms. The van der Waals surface area contributed by atoms with E-state index in [-0.39, 0.29) is 24.0 Å². The van der Waals surface area contributed by atoms with Gasteiger partial charge in [0.25, 0.3) is 0 Å². The zero-order valence-corrected chi connectivity index (χ0v) is 22.1. The summed E-state index contributed by atoms with van der Waals surface area (Å²) in [5.41, 5.74) is 1.28. The van der Waals surface area contributed by atoms with Crippen LogP contribution in [0.15, 0.2) is 23.2 Å². The Labute approximate surface area is 205 Å². The molecule has 176 valence electrons. The van der Waals surface area contributed by atoms with Gasteiger partial charge in [-0.2, -0.15) is 0 Å². The molecule has 1 atom stereocenters. The van der Waals surface area contributed by atoms with Gasteiger partial charge >= 0.3 is 0 Å². The van der Waals surface area contributed by atoms with Crippen molar-refractivity contribution < 1.29 is 9.47 Å². The molecule has 2 fully saturated rings. The number of hydrogen-bond acceptors (Lipinski definition) is 4. The van der Waals surface area contributed by atoms with Gasteiger partial charge in [-0.05, 0) is 75.9 Å². The summed E-state index contributed by atoms with van der Waals surface area (Å²) in [6, 6.07) is 6.22. The number of ether oxygens (including phenoxy) is 2. The summed E-state index contributed by atoms with van der Waals surface area (Å²) in [4.78, 5) is 9.97. The number of nitrogens with one attached hydrogen (secondary N) is 1. The predicted molar refractivity (Wildman–Crippen MR) is 139 cm³/mol. The number of halogens is 1. The highest BCUT2D eigenvalue weighted by molar-refractivity contribution is 14.0. The second-order valence-electron chi connectivity index (χ2n) is 8.48. The Morgan fingerprint density at radius 1 is 1.03 bits per heavy atom. The van der Waals surface area contributed by atoms with E-state index in [4.69, 9.17) is 14.5 Å². The average Bonchev–Trinajstić information content (AvgIpc) is 3.29. The van der Waals surface area contributed by atoms with Crippen LogP contribution in [0.1, 0.15) is 51.0 Å². The Morgan fingerprint density at radius 2 is 1.71 bits per heavy atom. The molecular formula is C24H41IN4O2. The summed E-state index contributed by atoms with van der Waals surface area (Å²) in [6.45, 7) is 11.9. The molecule has 0 aromatic heterocycles. The minimum Gasteiger partial charge on any atom is -0.497 e. The van der Waals surface area contributed by atoms with E-state index in [2.05, 4.69) is 41.1 Å². The van der Waals surface area contributed by atoms with E-state index >= 15 is 0 Å². The molecular weight excluding hydrogens is 503 g/mol. The number of hydrogen-bond donors (Lipinski definition) is 1. The number of methoxy groups -OCH3 is 2. The van der Waals surface area contributed by atoms with Gasteiger partial charge in [-0.15, -0.1) is 24.0 Å². The number of benzene rings is 1. The fourth-order valence-electron chi connectivity index (χ4n) is 4.66. The van der Waals surface area contributed by atoms with Crippen LogP contribution in [-0.2, 0) is 0 Å². The second kappa shape index (κ2) is 13.4. The number of rotatable bonds is 8. The van der Waals surface area contributed by atoms with E-state index in [1.807, 2.05) is 6.07 Å². The predicted octanol–water partition coefficient (Wildman–Crippen LogP) is 4.20. The molecule has 1 aromatic rings. The topological polar surface area (TPSA) is 49.3 Å². The lowest BCUT2D eigenvalue weighted by Crippen LogP contribution is -2.40. The molecule has 7 heteroatoms. The van der Waals surface area contributed by atoms with Crippen molar-refractivity contribution in [1.82, 2.24) is 15.1 Å². The quantitative estimate of drug-likeness (QED) is 0.302. The SMILES string of the molecule is CCNC(=NCCC1CCN(CC)CC1)N1CCC(c2cc(OC)cc(OC)c2)C1.I. The number of piperidine rings is 1. The smallest absolute Gasteiger partial charge is 0.193 e. The maximum atomic E-state index is 5.46. The van der Waals surface area contributed by atoms with Gasteiger partial charge in [0.05, 0.1) is 14.2 Å². The summed E-state index contributed by atoms with van der Waals surface area (Å²) in [5, 5.41) is 3.51. The standard InChI is InChI=1S/C24H40N4O2.HI/c1-5-25-24(26-11-7-19-8-12-27(6-2)13-9-19)28-14-10-20(18-28)21-15-22(29-3)17-23(16-21)30-4;/h15-17,19-20H,5-14,18H2,1-4H3,(H,25,26);1H. The van der Waals surface area contributed by atoms with E-state index < -0.39 is 0 Å². The van der Waals surface area contributed by atoms with Crippen LogP contribution in [0, 0.1) is 5.92 Å². The Morgan fingerprint density at radius 3 is 2.29 bits per heavy atom. The van der Waals surface area contributed by atoms with Crippen molar-refractivity contribution in [2.45, 2.75) is 45.4 Å². The van der Waals surface area contributed by atoms with Gasteiger partial charge in [0.1, 0.15) is 11.5 Å². The van der Waals surface area contributed by atoms with Gasteiger partial charge in [-0.25, -0.2) is 0 Å². The van der Waals surface area contributed by atoms with Crippen LogP contribution in [0.5, 0.6) is 11.5 Å². The summed E-state index contributed by atoms with van der Waals surface area (Å²) in [7, 11) is 3.42. The van der Waals surface area contributed by atoms with Crippen LogP contribution in [0.4, 0.5) is 0 Å². The van der Waals surface area contributed by atoms with Gasteiger partial charge in [-0.1, -0.05) is 6.92 Å². The number of nitrogens with zero attached hydrogens (tertiary/aromatic N) is 3. The summed E-state index contributed by atoms with van der Waals surface area (Å²) in [6.07, 6.45) is 4.97. The third-order valence-electron chi connectivity index (χ3n) is 6.62. The third-order valence-corrected chi connectivity index (χ3v) is 6.62. The van der Waals surface area contributed by atoms with E-state index in [9.17, 15) is 0 Å². The monoisotopic (exact) mass is 544 g/mol. The minimum atomic E-state index is 0. The molecule has 2 saturated heterocycles. The molecule has 0 spiro atoms. The van der Waals surface area contributed by atoms with Crippen molar-refractivity contribution in [1.29, 1.82) is 0 Å². The number of aliphatic imine (C=N–C) groups is 1. The molecule has 0 saturated carbocycles. The first-order chi connectivity index (χ1) is 14.7. The van der Waals surface area contributed by atoms with E-state index in [0.717, 1.165) is 56.0 Å². The normalized spacial score (nSPS) is 20.5. The Bertz CT molecular complexity index is 670. The number of likely N-dealkylation sites (tertiary alicyclic amines) is 2. The molecule has 0 radical (unpaired) electrons. The van der Waals surface area contributed by atoms with Crippen LogP contribution in [0.2, 0.25) is 0 Å². The first kappa shape index (κ1) is 26.0. The summed E-state index contributed by atoms with van der Waals surface area (Å²) >= 11 is 0. The third kappa shape index (κ3) is 7.41. The van der Waals surface area contributed by atoms with Crippen LogP contribution in [0.25, 0.3) is 0 Å². The molecule has 2 aliphatic heterocycles. The molecule has 1 aromatic carbocycles. The van der Waals surface area contributed by atoms with E-state index in [1.54, 1.807) is 14.2 Å². The maximum Gasteiger partial charge on any atom is 0.193 e. The average molecular weight is 545 g/mol. The molecule has 2 heterocycles. The first-order valence-electron chi connectivity index (χ1n) is 11.6. The van der Waals surface area contributed by atoms with Crippen molar-refractivity contribution in [3.8, 4) is 11.5 Å². The lowest BCUT2D eigenvalue weighted by molar-refractivity contribution is 0.188. The van der Waals surface area contributed by atoms with Crippen molar-refractivity contribution >= 4 is 29.9 Å². The fourth-order valence-corrected chi connectivity index (χ4v) is 4.66. The zero-order valence-electron chi connectivity index (χ0n) is 19.7. The fraction of sp³-hybridized carbons (Fsp3) is 0.708. The highest BCUT2D eigenvalue weighted by Gasteiger charge is 2.27. The van der Waals surface area contributed by atoms with Crippen LogP contribution in [0.3, 0.4) is 0 Å². The molecule has 6 nitrogen and oxygen atoms in total. The first-order valence-corrected chi connectivity index (χ1v) is 11.6. The Kier molecular flexibility index (Phi) is 11.2. The largest absolute Gasteiger partial charge is 0.497 e. The lowest BCUT2D eigenvalue weighted by atomic mass is 9.94. The number of guanidine groups is 1. The molecule has 0 bridgehead atoms. The lowest BCUT2D eigenvalue weighted by Gasteiger charge is -2.30. The van der Waals surface area contributed by atoms with Crippen LogP contribution < -0.4 is 14.8 Å². The molecule has 0 aliphatic carbocycles. The van der Waals surface area contributed by atoms with E-state index in [1.165, 1.54) is 44.5 Å². The van der Waals surface area contributed by atoms with Crippen LogP contribution >= 0.6 is 24.0 Å². The summed E-state index contributed by atoms with van der Waals surface area (Å²) in [5.74, 6) is 4.09. The van der Waals surface area contributed by atoms with Gasteiger partial charge in [0.15, 0.2) is 5.96 Å². The Hall–Kier alpha value is -1.22. The molecule has 0 amide bonds. The van der Waals surface area contributed by atoms with Crippen molar-refractivity contribution in [3.05, 3.63) is 23.8 Å². The minimum absolute atomic E-state index is 0. The highest BCUT2D eigenvalue weighted by atomic mass is 127.